The first kappa shape index (κ1) is 13.2. The third-order valence-electron chi connectivity index (χ3n) is 2.52. The fourth-order valence-corrected chi connectivity index (χ4v) is 1.60. The number of carbonyl (C=O) groups is 1. The molecule has 0 fully saturated rings. The maximum absolute atomic E-state index is 11.0. The number of nitro groups is 1. The third kappa shape index (κ3) is 2.17. The molecule has 2 aromatic rings. The van der Waals surface area contributed by atoms with Crippen molar-refractivity contribution in [2.75, 3.05) is 0 Å². The van der Waals surface area contributed by atoms with Gasteiger partial charge in [-0.3, -0.25) is 10.1 Å². The Morgan fingerprint density at radius 2 is 2.30 bits per heavy atom. The lowest BCUT2D eigenvalue weighted by molar-refractivity contribution is -0.385. The Hall–Kier alpha value is -3.28. The quantitative estimate of drug-likeness (QED) is 0.652. The molecule has 9 nitrogen and oxygen atoms in total. The van der Waals surface area contributed by atoms with Crippen LogP contribution in [-0.4, -0.2) is 30.8 Å². The van der Waals surface area contributed by atoms with E-state index in [9.17, 15) is 14.9 Å². The highest BCUT2D eigenvalue weighted by Gasteiger charge is 2.21. The van der Waals surface area contributed by atoms with Gasteiger partial charge in [0.2, 0.25) is 5.82 Å². The number of aromatic carboxylic acids is 1. The Balaban J connectivity index is 2.64. The first-order chi connectivity index (χ1) is 9.43. The van der Waals surface area contributed by atoms with E-state index in [1.54, 1.807) is 6.07 Å². The Morgan fingerprint density at radius 3 is 2.80 bits per heavy atom. The normalized spacial score (nSPS) is 10.0. The molecule has 0 aliphatic carbocycles. The fourth-order valence-electron chi connectivity index (χ4n) is 1.60. The van der Waals surface area contributed by atoms with Crippen LogP contribution in [0, 0.1) is 28.4 Å². The number of hydrogen-bond donors (Lipinski definition) is 1. The second-order valence-electron chi connectivity index (χ2n) is 3.81. The smallest absolute Gasteiger partial charge is 0.339 e. The summed E-state index contributed by atoms with van der Waals surface area (Å²) in [6.07, 6.45) is 2.29. The van der Waals surface area contributed by atoms with Crippen molar-refractivity contribution in [2.24, 2.45) is 0 Å². The summed E-state index contributed by atoms with van der Waals surface area (Å²) in [6, 6.07) is 2.80. The highest BCUT2D eigenvalue weighted by molar-refractivity contribution is 5.88. The van der Waals surface area contributed by atoms with Crippen molar-refractivity contribution >= 4 is 11.7 Å². The lowest BCUT2D eigenvalue weighted by Crippen LogP contribution is -2.04. The molecule has 2 rings (SSSR count). The predicted molar refractivity (Wildman–Crippen MR) is 64.4 cm³/mol. The van der Waals surface area contributed by atoms with Gasteiger partial charge in [-0.15, -0.1) is 0 Å². The maximum atomic E-state index is 11.0. The van der Waals surface area contributed by atoms with Gasteiger partial charge in [0.25, 0.3) is 0 Å². The van der Waals surface area contributed by atoms with E-state index >= 15 is 0 Å². The number of carboxylic acids is 1. The number of hydrogen-bond acceptors (Lipinski definition) is 6. The maximum Gasteiger partial charge on any atom is 0.339 e. The van der Waals surface area contributed by atoms with Crippen LogP contribution in [0.1, 0.15) is 21.6 Å². The molecule has 0 bridgehead atoms. The number of carboxylic acid groups (broad SMARTS) is 1. The minimum absolute atomic E-state index is 0.0304. The van der Waals surface area contributed by atoms with Crippen molar-refractivity contribution in [1.82, 2.24) is 14.8 Å². The Kier molecular flexibility index (Phi) is 3.14. The van der Waals surface area contributed by atoms with E-state index in [0.29, 0.717) is 0 Å². The molecule has 0 atom stereocenters. The topological polar surface area (TPSA) is 135 Å². The summed E-state index contributed by atoms with van der Waals surface area (Å²) < 4.78 is 1.01. The molecule has 2 aromatic heterocycles. The van der Waals surface area contributed by atoms with Crippen LogP contribution in [0.15, 0.2) is 18.5 Å². The number of aryl methyl sites for hydroxylation is 1. The largest absolute Gasteiger partial charge is 0.478 e. The standard InChI is InChI=1S/C11H7N5O4/c1-6-8(11(17)18)5-15(14-6)10-9(16(19)20)2-7(3-12)4-13-10/h2,4-5H,1H3,(H,17,18). The molecule has 100 valence electrons. The van der Waals surface area contributed by atoms with Gasteiger partial charge in [0.05, 0.1) is 16.2 Å². The molecule has 0 amide bonds. The van der Waals surface area contributed by atoms with Gasteiger partial charge in [-0.1, -0.05) is 0 Å². The lowest BCUT2D eigenvalue weighted by atomic mass is 10.2. The molecule has 0 saturated heterocycles. The molecule has 0 aromatic carbocycles. The molecule has 0 aliphatic heterocycles. The third-order valence-corrected chi connectivity index (χ3v) is 2.52. The zero-order chi connectivity index (χ0) is 14.9. The van der Waals surface area contributed by atoms with E-state index in [2.05, 4.69) is 10.1 Å². The van der Waals surface area contributed by atoms with Crippen LogP contribution in [0.4, 0.5) is 5.69 Å². The van der Waals surface area contributed by atoms with Crippen LogP contribution in [0.5, 0.6) is 0 Å². The number of nitrogens with zero attached hydrogens (tertiary/aromatic N) is 5. The van der Waals surface area contributed by atoms with Gasteiger partial charge in [0.15, 0.2) is 0 Å². The highest BCUT2D eigenvalue weighted by atomic mass is 16.6. The Labute approximate surface area is 111 Å². The van der Waals surface area contributed by atoms with Gasteiger partial charge < -0.3 is 5.11 Å². The molecular formula is C11H7N5O4. The van der Waals surface area contributed by atoms with Gasteiger partial charge in [-0.05, 0) is 6.92 Å². The van der Waals surface area contributed by atoms with E-state index in [1.807, 2.05) is 0 Å². The summed E-state index contributed by atoms with van der Waals surface area (Å²) in [5, 5.41) is 32.5. The van der Waals surface area contributed by atoms with E-state index < -0.39 is 16.6 Å². The zero-order valence-corrected chi connectivity index (χ0v) is 10.1. The summed E-state index contributed by atoms with van der Waals surface area (Å²) in [5.41, 5.74) is -0.269. The molecule has 9 heteroatoms. The number of aromatic nitrogens is 3. The Morgan fingerprint density at radius 1 is 1.60 bits per heavy atom. The van der Waals surface area contributed by atoms with E-state index in [1.165, 1.54) is 6.92 Å². The second kappa shape index (κ2) is 4.77. The van der Waals surface area contributed by atoms with E-state index in [0.717, 1.165) is 23.1 Å². The fraction of sp³-hybridized carbons (Fsp3) is 0.0909. The van der Waals surface area contributed by atoms with E-state index in [4.69, 9.17) is 10.4 Å². The average Bonchev–Trinajstić information content (AvgIpc) is 2.80. The first-order valence-electron chi connectivity index (χ1n) is 5.28. The Bertz CT molecular complexity index is 759. The predicted octanol–water partition coefficient (Wildman–Crippen LogP) is 1.05. The number of pyridine rings is 1. The SMILES string of the molecule is Cc1nn(-c2ncc(C#N)cc2[N+](=O)[O-])cc1C(=O)O. The van der Waals surface area contributed by atoms with Gasteiger partial charge >= 0.3 is 11.7 Å². The molecule has 0 spiro atoms. The lowest BCUT2D eigenvalue weighted by Gasteiger charge is -2.01. The summed E-state index contributed by atoms with van der Waals surface area (Å²) in [6.45, 7) is 1.47. The molecule has 2 heterocycles. The zero-order valence-electron chi connectivity index (χ0n) is 10.1. The molecule has 20 heavy (non-hydrogen) atoms. The van der Waals surface area contributed by atoms with Crippen molar-refractivity contribution in [3.8, 4) is 11.9 Å². The minimum Gasteiger partial charge on any atom is -0.478 e. The van der Waals surface area contributed by atoms with Gasteiger partial charge in [0.1, 0.15) is 11.6 Å². The number of nitriles is 1. The van der Waals surface area contributed by atoms with Crippen LogP contribution >= 0.6 is 0 Å². The summed E-state index contributed by atoms with van der Waals surface area (Å²) in [4.78, 5) is 25.0. The van der Waals surface area contributed by atoms with Crippen LogP contribution in [0.25, 0.3) is 5.82 Å². The van der Waals surface area contributed by atoms with Gasteiger partial charge in [0, 0.05) is 18.5 Å². The molecule has 0 saturated carbocycles. The van der Waals surface area contributed by atoms with Crippen molar-refractivity contribution in [1.29, 1.82) is 5.26 Å². The molecule has 0 radical (unpaired) electrons. The van der Waals surface area contributed by atoms with Crippen LogP contribution < -0.4 is 0 Å². The monoisotopic (exact) mass is 273 g/mol. The molecule has 0 aliphatic rings. The van der Waals surface area contributed by atoms with Crippen molar-refractivity contribution in [3.05, 3.63) is 45.4 Å². The minimum atomic E-state index is -1.19. The first-order valence-corrected chi connectivity index (χ1v) is 5.28. The van der Waals surface area contributed by atoms with Crippen molar-refractivity contribution < 1.29 is 14.8 Å². The highest BCUT2D eigenvalue weighted by Crippen LogP contribution is 2.22. The molecule has 0 unspecified atom stereocenters. The summed E-state index contributed by atoms with van der Waals surface area (Å²) in [5.74, 6) is -1.34. The van der Waals surface area contributed by atoms with Gasteiger partial charge in [-0.2, -0.15) is 10.4 Å². The van der Waals surface area contributed by atoms with E-state index in [-0.39, 0.29) is 22.6 Å². The average molecular weight is 273 g/mol. The molecule has 1 N–H and O–H groups in total. The van der Waals surface area contributed by atoms with Crippen LogP contribution in [0.2, 0.25) is 0 Å². The number of rotatable bonds is 3. The van der Waals surface area contributed by atoms with Crippen LogP contribution in [0.3, 0.4) is 0 Å². The van der Waals surface area contributed by atoms with Gasteiger partial charge in [-0.25, -0.2) is 14.5 Å². The van der Waals surface area contributed by atoms with Crippen molar-refractivity contribution in [3.63, 3.8) is 0 Å². The van der Waals surface area contributed by atoms with Crippen LogP contribution in [-0.2, 0) is 0 Å². The second-order valence-corrected chi connectivity index (χ2v) is 3.81. The van der Waals surface area contributed by atoms with Crippen molar-refractivity contribution in [2.45, 2.75) is 6.92 Å². The summed E-state index contributed by atoms with van der Waals surface area (Å²) >= 11 is 0. The molecular weight excluding hydrogens is 266 g/mol. The summed E-state index contributed by atoms with van der Waals surface area (Å²) in [7, 11) is 0.